The van der Waals surface area contributed by atoms with E-state index in [1.165, 1.54) is 7.11 Å². The number of hydrogen-bond donors (Lipinski definition) is 1. The molecule has 1 N–H and O–H groups in total. The minimum atomic E-state index is -0.501. The number of pyridine rings is 1. The van der Waals surface area contributed by atoms with Crippen LogP contribution in [0, 0.1) is 0 Å². The molecule has 5 heteroatoms. The number of carbonyl (C=O) groups is 1. The molecule has 2 rings (SSSR count). The van der Waals surface area contributed by atoms with Gasteiger partial charge in [0.1, 0.15) is 12.4 Å². The number of hydrogen-bond acceptors (Lipinski definition) is 4. The minimum Gasteiger partial charge on any atom is -0.464 e. The van der Waals surface area contributed by atoms with E-state index in [9.17, 15) is 4.79 Å². The number of fused-ring (bicyclic) bond motifs is 1. The predicted molar refractivity (Wildman–Crippen MR) is 52.5 cm³/mol. The molecule has 15 heavy (non-hydrogen) atoms. The average molecular weight is 206 g/mol. The fourth-order valence-electron chi connectivity index (χ4n) is 1.46. The lowest BCUT2D eigenvalue weighted by atomic mass is 10.3. The van der Waals surface area contributed by atoms with Gasteiger partial charge in [0.25, 0.3) is 0 Å². The number of nitrogens with zero attached hydrogens (tertiary/aromatic N) is 2. The Bertz CT molecular complexity index is 504. The zero-order valence-corrected chi connectivity index (χ0v) is 8.17. The van der Waals surface area contributed by atoms with Gasteiger partial charge < -0.3 is 14.2 Å². The number of ether oxygens (including phenoxy) is 1. The van der Waals surface area contributed by atoms with Gasteiger partial charge in [-0.25, -0.2) is 9.78 Å². The normalized spacial score (nSPS) is 10.5. The Hall–Kier alpha value is -1.88. The maximum Gasteiger partial charge on any atom is 0.358 e. The number of aliphatic hydroxyl groups excluding tert-OH is 1. The summed E-state index contributed by atoms with van der Waals surface area (Å²) in [5.74, 6) is -0.0793. The Morgan fingerprint density at radius 3 is 3.07 bits per heavy atom. The van der Waals surface area contributed by atoms with E-state index >= 15 is 0 Å². The largest absolute Gasteiger partial charge is 0.464 e. The van der Waals surface area contributed by atoms with Gasteiger partial charge in [-0.3, -0.25) is 0 Å². The summed E-state index contributed by atoms with van der Waals surface area (Å²) in [6.45, 7) is -0.220. The number of imidazole rings is 1. The van der Waals surface area contributed by atoms with Crippen LogP contribution < -0.4 is 0 Å². The third kappa shape index (κ3) is 1.46. The summed E-state index contributed by atoms with van der Waals surface area (Å²) in [5, 5.41) is 9.07. The molecule has 0 unspecified atom stereocenters. The van der Waals surface area contributed by atoms with Crippen molar-refractivity contribution < 1.29 is 14.6 Å². The van der Waals surface area contributed by atoms with Crippen LogP contribution in [0.4, 0.5) is 0 Å². The third-order valence-electron chi connectivity index (χ3n) is 2.14. The number of rotatable bonds is 2. The molecule has 2 aromatic heterocycles. The van der Waals surface area contributed by atoms with Crippen LogP contribution in [0.1, 0.15) is 16.3 Å². The molecule has 0 atom stereocenters. The van der Waals surface area contributed by atoms with Crippen molar-refractivity contribution in [3.05, 3.63) is 35.9 Å². The highest BCUT2D eigenvalue weighted by molar-refractivity contribution is 5.95. The Morgan fingerprint density at radius 1 is 1.60 bits per heavy atom. The molecule has 0 bridgehead atoms. The molecule has 0 aliphatic rings. The molecule has 0 saturated heterocycles. The zero-order valence-electron chi connectivity index (χ0n) is 8.17. The van der Waals surface area contributed by atoms with E-state index in [4.69, 9.17) is 5.11 Å². The molecule has 0 saturated carbocycles. The molecule has 78 valence electrons. The van der Waals surface area contributed by atoms with Gasteiger partial charge in [-0.2, -0.15) is 0 Å². The van der Waals surface area contributed by atoms with Crippen molar-refractivity contribution in [2.45, 2.75) is 6.61 Å². The fourth-order valence-corrected chi connectivity index (χ4v) is 1.46. The molecule has 0 aliphatic carbocycles. The van der Waals surface area contributed by atoms with Crippen molar-refractivity contribution in [1.82, 2.24) is 9.38 Å². The summed E-state index contributed by atoms with van der Waals surface area (Å²) >= 11 is 0. The van der Waals surface area contributed by atoms with E-state index in [2.05, 4.69) is 9.72 Å². The van der Waals surface area contributed by atoms with Crippen molar-refractivity contribution in [1.29, 1.82) is 0 Å². The minimum absolute atomic E-state index is 0.220. The van der Waals surface area contributed by atoms with Crippen molar-refractivity contribution in [3.8, 4) is 0 Å². The standard InChI is InChI=1S/C10H10N2O3/c1-15-10(14)9-7-4-2-3-5-12(7)8(6-13)11-9/h2-5,13H,6H2,1H3. The monoisotopic (exact) mass is 206 g/mol. The fraction of sp³-hybridized carbons (Fsp3) is 0.200. The van der Waals surface area contributed by atoms with Gasteiger partial charge in [-0.15, -0.1) is 0 Å². The maximum absolute atomic E-state index is 11.4. The quantitative estimate of drug-likeness (QED) is 0.731. The van der Waals surface area contributed by atoms with Crippen LogP contribution in [0.25, 0.3) is 5.52 Å². The Kier molecular flexibility index (Phi) is 2.39. The van der Waals surface area contributed by atoms with Gasteiger partial charge >= 0.3 is 5.97 Å². The van der Waals surface area contributed by atoms with Gasteiger partial charge in [-0.1, -0.05) is 6.07 Å². The van der Waals surface area contributed by atoms with Gasteiger partial charge in [0.2, 0.25) is 0 Å². The lowest BCUT2D eigenvalue weighted by molar-refractivity contribution is 0.0596. The first-order valence-electron chi connectivity index (χ1n) is 4.43. The van der Waals surface area contributed by atoms with Crippen molar-refractivity contribution in [2.24, 2.45) is 0 Å². The van der Waals surface area contributed by atoms with E-state index < -0.39 is 5.97 Å². The zero-order chi connectivity index (χ0) is 10.8. The van der Waals surface area contributed by atoms with E-state index in [0.717, 1.165) is 0 Å². The van der Waals surface area contributed by atoms with E-state index in [0.29, 0.717) is 11.3 Å². The number of aromatic nitrogens is 2. The molecule has 5 nitrogen and oxygen atoms in total. The molecule has 0 amide bonds. The van der Waals surface area contributed by atoms with Crippen LogP contribution >= 0.6 is 0 Å². The van der Waals surface area contributed by atoms with Crippen LogP contribution in [0.2, 0.25) is 0 Å². The van der Waals surface area contributed by atoms with Gasteiger partial charge in [-0.05, 0) is 12.1 Å². The Labute approximate surface area is 85.9 Å². The first kappa shape index (κ1) is 9.67. The topological polar surface area (TPSA) is 63.8 Å². The highest BCUT2D eigenvalue weighted by Gasteiger charge is 2.16. The second kappa shape index (κ2) is 3.70. The van der Waals surface area contributed by atoms with E-state index in [1.807, 2.05) is 0 Å². The SMILES string of the molecule is COC(=O)c1nc(CO)n2ccccc12. The third-order valence-corrected chi connectivity index (χ3v) is 2.14. The van der Waals surface area contributed by atoms with Crippen LogP contribution in [-0.4, -0.2) is 27.6 Å². The molecule has 0 aliphatic heterocycles. The smallest absolute Gasteiger partial charge is 0.358 e. The summed E-state index contributed by atoms with van der Waals surface area (Å²) < 4.78 is 6.26. The maximum atomic E-state index is 11.4. The highest BCUT2D eigenvalue weighted by Crippen LogP contribution is 2.13. The van der Waals surface area contributed by atoms with Gasteiger partial charge in [0.05, 0.1) is 12.6 Å². The second-order valence-electron chi connectivity index (χ2n) is 2.98. The van der Waals surface area contributed by atoms with Crippen LogP contribution in [0.3, 0.4) is 0 Å². The predicted octanol–water partition coefficient (Wildman–Crippen LogP) is 0.613. The van der Waals surface area contributed by atoms with Gasteiger partial charge in [0, 0.05) is 6.20 Å². The van der Waals surface area contributed by atoms with E-state index in [-0.39, 0.29) is 12.3 Å². The molecule has 0 fully saturated rings. The van der Waals surface area contributed by atoms with E-state index in [1.54, 1.807) is 28.8 Å². The van der Waals surface area contributed by atoms with Crippen molar-refractivity contribution >= 4 is 11.5 Å². The first-order valence-corrected chi connectivity index (χ1v) is 4.43. The molecule has 2 heterocycles. The summed E-state index contributed by atoms with van der Waals surface area (Å²) in [6.07, 6.45) is 1.74. The molecule has 0 aromatic carbocycles. The van der Waals surface area contributed by atoms with Gasteiger partial charge in [0.15, 0.2) is 5.69 Å². The second-order valence-corrected chi connectivity index (χ2v) is 2.98. The first-order chi connectivity index (χ1) is 7.27. The molecule has 2 aromatic rings. The van der Waals surface area contributed by atoms with Crippen LogP contribution in [-0.2, 0) is 11.3 Å². The lowest BCUT2D eigenvalue weighted by Gasteiger charge is -1.96. The van der Waals surface area contributed by atoms with Crippen molar-refractivity contribution in [3.63, 3.8) is 0 Å². The Morgan fingerprint density at radius 2 is 2.40 bits per heavy atom. The summed E-state index contributed by atoms with van der Waals surface area (Å²) in [6, 6.07) is 5.35. The number of esters is 1. The molecular weight excluding hydrogens is 196 g/mol. The number of methoxy groups -OCH3 is 1. The number of carbonyl (C=O) groups excluding carboxylic acids is 1. The summed E-state index contributed by atoms with van der Waals surface area (Å²) in [5.41, 5.74) is 0.857. The average Bonchev–Trinajstić information content (AvgIpc) is 2.67. The lowest BCUT2D eigenvalue weighted by Crippen LogP contribution is -2.02. The van der Waals surface area contributed by atoms with Crippen LogP contribution in [0.5, 0.6) is 0 Å². The summed E-state index contributed by atoms with van der Waals surface area (Å²) in [4.78, 5) is 15.4. The van der Waals surface area contributed by atoms with Crippen molar-refractivity contribution in [2.75, 3.05) is 7.11 Å². The Balaban J connectivity index is 2.70. The molecule has 0 radical (unpaired) electrons. The van der Waals surface area contributed by atoms with Crippen LogP contribution in [0.15, 0.2) is 24.4 Å². The molecule has 0 spiro atoms. The summed E-state index contributed by atoms with van der Waals surface area (Å²) in [7, 11) is 1.30. The number of aliphatic hydroxyl groups is 1. The highest BCUT2D eigenvalue weighted by atomic mass is 16.5. The molecular formula is C10H10N2O3.